The minimum absolute atomic E-state index is 0.0991. The lowest BCUT2D eigenvalue weighted by molar-refractivity contribution is -0.233. The maximum atomic E-state index is 12.9. The van der Waals surface area contributed by atoms with Gasteiger partial charge in [0.2, 0.25) is 0 Å². The Morgan fingerprint density at radius 1 is 1.19 bits per heavy atom. The van der Waals surface area contributed by atoms with Crippen LogP contribution >= 0.6 is 0 Å². The van der Waals surface area contributed by atoms with Gasteiger partial charge in [0, 0.05) is 18.4 Å². The number of nitrogens with zero attached hydrogens (tertiary/aromatic N) is 4. The second kappa shape index (κ2) is 6.66. The van der Waals surface area contributed by atoms with Crippen molar-refractivity contribution in [2.45, 2.75) is 12.3 Å². The molecule has 0 radical (unpaired) electrons. The third kappa shape index (κ3) is 3.37. The maximum Gasteiger partial charge on any atom is 0.416 e. The van der Waals surface area contributed by atoms with E-state index in [1.54, 1.807) is 17.0 Å². The summed E-state index contributed by atoms with van der Waals surface area (Å²) in [6.45, 7) is -0.588. The highest BCUT2D eigenvalue weighted by molar-refractivity contribution is 5.96. The van der Waals surface area contributed by atoms with Crippen LogP contribution in [0.15, 0.2) is 48.9 Å². The zero-order valence-corrected chi connectivity index (χ0v) is 14.1. The van der Waals surface area contributed by atoms with Gasteiger partial charge in [0.05, 0.1) is 18.7 Å². The van der Waals surface area contributed by atoms with E-state index in [0.29, 0.717) is 11.2 Å². The molecule has 0 saturated carbocycles. The van der Waals surface area contributed by atoms with Gasteiger partial charge < -0.3 is 9.64 Å². The summed E-state index contributed by atoms with van der Waals surface area (Å²) >= 11 is 0. The number of imidazole rings is 1. The summed E-state index contributed by atoms with van der Waals surface area (Å²) in [5.41, 5.74) is 2.12. The van der Waals surface area contributed by atoms with Crippen molar-refractivity contribution in [1.82, 2.24) is 19.4 Å². The number of hydrogen-bond donors (Lipinski definition) is 0. The summed E-state index contributed by atoms with van der Waals surface area (Å²) in [5.74, 6) is -0.517. The molecule has 140 valence electrons. The Bertz CT molecular complexity index is 972. The summed E-state index contributed by atoms with van der Waals surface area (Å²) in [4.78, 5) is 22.3. The first-order valence-corrected chi connectivity index (χ1v) is 8.29. The zero-order valence-electron chi connectivity index (χ0n) is 14.1. The van der Waals surface area contributed by atoms with Gasteiger partial charge in [0.1, 0.15) is 11.8 Å². The Morgan fingerprint density at radius 2 is 1.96 bits per heavy atom. The third-order valence-corrected chi connectivity index (χ3v) is 4.39. The van der Waals surface area contributed by atoms with Crippen LogP contribution in [0.1, 0.15) is 10.4 Å². The van der Waals surface area contributed by atoms with Crippen molar-refractivity contribution in [2.24, 2.45) is 0 Å². The van der Waals surface area contributed by atoms with Crippen LogP contribution in [0.2, 0.25) is 0 Å². The second-order valence-electron chi connectivity index (χ2n) is 6.17. The molecule has 1 saturated heterocycles. The molecule has 1 fully saturated rings. The van der Waals surface area contributed by atoms with Crippen molar-refractivity contribution in [3.05, 3.63) is 54.5 Å². The van der Waals surface area contributed by atoms with Crippen molar-refractivity contribution in [1.29, 1.82) is 0 Å². The highest BCUT2D eigenvalue weighted by Crippen LogP contribution is 2.26. The highest BCUT2D eigenvalue weighted by Gasteiger charge is 2.44. The molecule has 27 heavy (non-hydrogen) atoms. The number of pyridine rings is 1. The lowest BCUT2D eigenvalue weighted by atomic mass is 10.2. The summed E-state index contributed by atoms with van der Waals surface area (Å²) in [7, 11) is 0. The average molecular weight is 376 g/mol. The van der Waals surface area contributed by atoms with Crippen LogP contribution in [0.3, 0.4) is 0 Å². The molecule has 0 spiro atoms. The largest absolute Gasteiger partial charge is 0.416 e. The van der Waals surface area contributed by atoms with E-state index in [2.05, 4.69) is 9.97 Å². The average Bonchev–Trinajstić information content (AvgIpc) is 3.11. The first-order valence-electron chi connectivity index (χ1n) is 8.29. The number of halogens is 3. The van der Waals surface area contributed by atoms with Crippen molar-refractivity contribution < 1.29 is 22.7 Å². The molecule has 6 nitrogen and oxygen atoms in total. The minimum atomic E-state index is -4.50. The molecule has 9 heteroatoms. The number of morpholine rings is 1. The highest BCUT2D eigenvalue weighted by atomic mass is 19.4. The van der Waals surface area contributed by atoms with Crippen molar-refractivity contribution in [3.8, 4) is 5.69 Å². The summed E-state index contributed by atoms with van der Waals surface area (Å²) in [5, 5.41) is 0. The number of amides is 1. The predicted molar refractivity (Wildman–Crippen MR) is 90.6 cm³/mol. The molecule has 0 bridgehead atoms. The smallest absolute Gasteiger partial charge is 0.365 e. The quantitative estimate of drug-likeness (QED) is 0.690. The van der Waals surface area contributed by atoms with Crippen LogP contribution in [0.5, 0.6) is 0 Å². The fraction of sp³-hybridized carbons (Fsp3) is 0.278. The Labute approximate surface area is 152 Å². The number of ether oxygens (including phenoxy) is 1. The van der Waals surface area contributed by atoms with Crippen LogP contribution in [0, 0.1) is 0 Å². The first-order chi connectivity index (χ1) is 12.9. The number of rotatable bonds is 2. The molecule has 1 aliphatic rings. The molecule has 0 aliphatic carbocycles. The molecule has 1 atom stereocenters. The monoisotopic (exact) mass is 376 g/mol. The van der Waals surface area contributed by atoms with E-state index in [-0.39, 0.29) is 18.7 Å². The fourth-order valence-corrected chi connectivity index (χ4v) is 3.01. The van der Waals surface area contributed by atoms with Gasteiger partial charge in [-0.3, -0.25) is 9.36 Å². The minimum Gasteiger partial charge on any atom is -0.365 e. The third-order valence-electron chi connectivity index (χ3n) is 4.39. The van der Waals surface area contributed by atoms with E-state index in [1.807, 2.05) is 30.3 Å². The van der Waals surface area contributed by atoms with Crippen molar-refractivity contribution >= 4 is 17.1 Å². The lowest BCUT2D eigenvalue weighted by Crippen LogP contribution is -2.51. The van der Waals surface area contributed by atoms with Crippen LogP contribution in [-0.2, 0) is 4.74 Å². The number of hydrogen-bond acceptors (Lipinski definition) is 4. The van der Waals surface area contributed by atoms with E-state index in [4.69, 9.17) is 4.74 Å². The van der Waals surface area contributed by atoms with E-state index < -0.39 is 24.7 Å². The number of benzene rings is 1. The summed E-state index contributed by atoms with van der Waals surface area (Å²) in [6, 6.07) is 11.0. The molecule has 1 unspecified atom stereocenters. The van der Waals surface area contributed by atoms with E-state index in [0.717, 1.165) is 10.6 Å². The van der Waals surface area contributed by atoms with E-state index in [1.165, 1.54) is 6.20 Å². The van der Waals surface area contributed by atoms with Crippen LogP contribution < -0.4 is 0 Å². The normalized spacial score (nSPS) is 18.0. The van der Waals surface area contributed by atoms with Gasteiger partial charge in [-0.15, -0.1) is 0 Å². The van der Waals surface area contributed by atoms with Gasteiger partial charge in [0.15, 0.2) is 11.8 Å². The number of carbonyl (C=O) groups is 1. The zero-order chi connectivity index (χ0) is 19.0. The SMILES string of the molecule is O=C(c1cnc2c(c1)ncn2-c1ccccc1)N1CCOC(C(F)(F)F)C1. The van der Waals surface area contributed by atoms with Gasteiger partial charge in [-0.2, -0.15) is 13.2 Å². The number of para-hydroxylation sites is 1. The number of fused-ring (bicyclic) bond motifs is 1. The summed E-state index contributed by atoms with van der Waals surface area (Å²) < 4.78 is 45.1. The second-order valence-corrected chi connectivity index (χ2v) is 6.17. The predicted octanol–water partition coefficient (Wildman–Crippen LogP) is 2.82. The van der Waals surface area contributed by atoms with Crippen molar-refractivity contribution in [2.75, 3.05) is 19.7 Å². The molecule has 4 rings (SSSR count). The van der Waals surface area contributed by atoms with Crippen LogP contribution in [-0.4, -0.2) is 57.3 Å². The number of carbonyl (C=O) groups excluding carboxylic acids is 1. The molecule has 2 aromatic heterocycles. The standard InChI is InChI=1S/C18H15F3N4O2/c19-18(20,21)15-10-24(6-7-27-15)17(26)12-8-14-16(22-9-12)25(11-23-14)13-4-2-1-3-5-13/h1-5,8-9,11,15H,6-7,10H2. The lowest BCUT2D eigenvalue weighted by Gasteiger charge is -2.33. The molecule has 1 amide bonds. The molecule has 3 heterocycles. The molecule has 0 N–H and O–H groups in total. The molecule has 1 aromatic carbocycles. The fourth-order valence-electron chi connectivity index (χ4n) is 3.01. The van der Waals surface area contributed by atoms with Gasteiger partial charge in [-0.05, 0) is 18.2 Å². The van der Waals surface area contributed by atoms with E-state index in [9.17, 15) is 18.0 Å². The van der Waals surface area contributed by atoms with Crippen LogP contribution in [0.4, 0.5) is 13.2 Å². The number of alkyl halides is 3. The molecule has 1 aliphatic heterocycles. The Hall–Kier alpha value is -2.94. The maximum absolute atomic E-state index is 12.9. The van der Waals surface area contributed by atoms with Crippen LogP contribution in [0.25, 0.3) is 16.9 Å². The van der Waals surface area contributed by atoms with Gasteiger partial charge in [-0.25, -0.2) is 9.97 Å². The van der Waals surface area contributed by atoms with Gasteiger partial charge in [-0.1, -0.05) is 18.2 Å². The van der Waals surface area contributed by atoms with Gasteiger partial charge in [0.25, 0.3) is 5.91 Å². The summed E-state index contributed by atoms with van der Waals surface area (Å²) in [6.07, 6.45) is -3.51. The van der Waals surface area contributed by atoms with Crippen molar-refractivity contribution in [3.63, 3.8) is 0 Å². The van der Waals surface area contributed by atoms with Gasteiger partial charge >= 0.3 is 6.18 Å². The topological polar surface area (TPSA) is 60.2 Å². The number of aromatic nitrogens is 3. The molecular weight excluding hydrogens is 361 g/mol. The first kappa shape index (κ1) is 17.5. The Kier molecular flexibility index (Phi) is 4.31. The van der Waals surface area contributed by atoms with E-state index >= 15 is 0 Å². The Balaban J connectivity index is 1.60. The molecule has 3 aromatic rings. The molecular formula is C18H15F3N4O2. The Morgan fingerprint density at radius 3 is 2.70 bits per heavy atom.